The number of likely N-dealkylation sites (N-methyl/N-ethyl adjacent to an activating group) is 1. The van der Waals surface area contributed by atoms with Crippen LogP contribution in [0, 0.1) is 0 Å². The third-order valence-corrected chi connectivity index (χ3v) is 10.9. The maximum Gasteiger partial charge on any atom is 0.232 e. The van der Waals surface area contributed by atoms with Gasteiger partial charge >= 0.3 is 0 Å². The topological polar surface area (TPSA) is 88.4 Å². The molecule has 9 heteroatoms. The maximum absolute atomic E-state index is 13.7. The largest absolute Gasteiger partial charge is 0.348 e. The Morgan fingerprint density at radius 3 is 2.18 bits per heavy atom. The number of amides is 1. The quantitative estimate of drug-likeness (QED) is 0.465. The summed E-state index contributed by atoms with van der Waals surface area (Å²) >= 11 is 0. The highest BCUT2D eigenvalue weighted by Gasteiger charge is 2.45. The first kappa shape index (κ1) is 26.6. The lowest BCUT2D eigenvalue weighted by atomic mass is 9.67. The zero-order valence-electron chi connectivity index (χ0n) is 22.4. The minimum Gasteiger partial charge on any atom is -0.348 e. The van der Waals surface area contributed by atoms with Gasteiger partial charge in [0.15, 0.2) is 0 Å². The van der Waals surface area contributed by atoms with Crippen molar-refractivity contribution in [3.63, 3.8) is 0 Å². The van der Waals surface area contributed by atoms with Crippen LogP contribution >= 0.6 is 0 Å². The predicted molar refractivity (Wildman–Crippen MR) is 147 cm³/mol. The predicted octanol–water partition coefficient (Wildman–Crippen LogP) is 4.47. The number of nitrogens with zero attached hydrogens (tertiary/aromatic N) is 5. The molecule has 0 bridgehead atoms. The average molecular weight is 536 g/mol. The van der Waals surface area contributed by atoms with Gasteiger partial charge in [0, 0.05) is 32.7 Å². The molecule has 2 heterocycles. The third-order valence-electron chi connectivity index (χ3n) is 8.52. The molecule has 8 nitrogen and oxygen atoms in total. The van der Waals surface area contributed by atoms with Gasteiger partial charge in [-0.2, -0.15) is 4.31 Å². The smallest absolute Gasteiger partial charge is 0.232 e. The van der Waals surface area contributed by atoms with E-state index in [2.05, 4.69) is 10.2 Å². The second-order valence-corrected chi connectivity index (χ2v) is 13.1. The Kier molecular flexibility index (Phi) is 7.42. The van der Waals surface area contributed by atoms with Crippen molar-refractivity contribution in [2.75, 3.05) is 14.1 Å². The van der Waals surface area contributed by atoms with Crippen LogP contribution < -0.4 is 0 Å². The molecule has 3 aromatic rings. The molecule has 0 N–H and O–H groups in total. The fourth-order valence-electron chi connectivity index (χ4n) is 6.31. The first-order valence-corrected chi connectivity index (χ1v) is 14.9. The minimum atomic E-state index is -3.50. The van der Waals surface area contributed by atoms with E-state index in [0.29, 0.717) is 13.0 Å². The highest BCUT2D eigenvalue weighted by molar-refractivity contribution is 7.89. The summed E-state index contributed by atoms with van der Waals surface area (Å²) in [5, 5.41) is 7.37. The third kappa shape index (κ3) is 4.89. The Hall–Kier alpha value is -3.04. The first-order chi connectivity index (χ1) is 18.2. The molecule has 2 atom stereocenters. The highest BCUT2D eigenvalue weighted by atomic mass is 32.2. The molecule has 1 saturated heterocycles. The van der Waals surface area contributed by atoms with E-state index in [0.717, 1.165) is 48.8 Å². The van der Waals surface area contributed by atoms with E-state index in [1.54, 1.807) is 21.9 Å². The van der Waals surface area contributed by atoms with Gasteiger partial charge in [-0.25, -0.2) is 8.42 Å². The van der Waals surface area contributed by atoms with Crippen molar-refractivity contribution < 1.29 is 13.2 Å². The van der Waals surface area contributed by atoms with Gasteiger partial charge in [-0.15, -0.1) is 10.2 Å². The summed E-state index contributed by atoms with van der Waals surface area (Å²) in [6.45, 7) is 2.32. The number of rotatable bonds is 6. The van der Waals surface area contributed by atoms with E-state index >= 15 is 0 Å². The highest BCUT2D eigenvalue weighted by Crippen LogP contribution is 2.44. The van der Waals surface area contributed by atoms with Crippen molar-refractivity contribution in [3.8, 4) is 0 Å². The molecule has 1 aliphatic carbocycles. The van der Waals surface area contributed by atoms with Gasteiger partial charge in [0.25, 0.3) is 0 Å². The van der Waals surface area contributed by atoms with Crippen molar-refractivity contribution in [2.45, 2.75) is 74.7 Å². The number of aromatic nitrogens is 3. The summed E-state index contributed by atoms with van der Waals surface area (Å²) in [7, 11) is 0.131. The molecule has 1 aromatic heterocycles. The van der Waals surface area contributed by atoms with Crippen molar-refractivity contribution in [2.24, 2.45) is 0 Å². The van der Waals surface area contributed by atoms with Gasteiger partial charge in [0.1, 0.15) is 17.9 Å². The number of benzene rings is 2. The molecule has 2 fully saturated rings. The first-order valence-electron chi connectivity index (χ1n) is 13.4. The molecule has 0 spiro atoms. The Labute approximate surface area is 225 Å². The summed E-state index contributed by atoms with van der Waals surface area (Å²) in [5.41, 5.74) is 2.20. The molecule has 1 aliphatic heterocycles. The summed E-state index contributed by atoms with van der Waals surface area (Å²) in [6.07, 6.45) is 8.16. The number of carbonyl (C=O) groups excluding carboxylic acids is 1. The second kappa shape index (κ2) is 10.6. The van der Waals surface area contributed by atoms with Crippen LogP contribution in [-0.4, -0.2) is 58.4 Å². The number of carbonyl (C=O) groups is 1. The van der Waals surface area contributed by atoms with E-state index < -0.39 is 20.7 Å². The van der Waals surface area contributed by atoms with E-state index in [1.807, 2.05) is 80.2 Å². The van der Waals surface area contributed by atoms with E-state index in [1.165, 1.54) is 0 Å². The Bertz CT molecular complexity index is 1330. The molecule has 5 rings (SSSR count). The van der Waals surface area contributed by atoms with E-state index in [4.69, 9.17) is 0 Å². The Morgan fingerprint density at radius 1 is 0.947 bits per heavy atom. The van der Waals surface area contributed by atoms with Crippen LogP contribution in [0.2, 0.25) is 0 Å². The summed E-state index contributed by atoms with van der Waals surface area (Å²) in [5.74, 6) is 0.116. The lowest BCUT2D eigenvalue weighted by molar-refractivity contribution is -0.136. The fourth-order valence-corrected chi connectivity index (χ4v) is 8.50. The van der Waals surface area contributed by atoms with Crippen molar-refractivity contribution >= 4 is 15.9 Å². The standard InChI is InChI=1S/C29H37N5O3S/c1-22-9-14-27(24-7-5-4-6-8-24)38(36,37)34(22)19-23-10-12-25(13-11-23)29(28(35)32(2)3)17-15-26(16-18-29)33-20-30-31-21-33/h4-8,10-13,20-22,26-27H,9,14-19H2,1-3H3/t22-,26?,27+,29?/m0/s1. The summed E-state index contributed by atoms with van der Waals surface area (Å²) in [4.78, 5) is 15.2. The normalized spacial score (nSPS) is 27.6. The van der Waals surface area contributed by atoms with Crippen LogP contribution in [0.1, 0.15) is 73.4 Å². The Morgan fingerprint density at radius 2 is 1.58 bits per heavy atom. The molecule has 0 radical (unpaired) electrons. The summed E-state index contributed by atoms with van der Waals surface area (Å²) in [6, 6.07) is 17.8. The molecule has 2 aromatic carbocycles. The lowest BCUT2D eigenvalue weighted by Gasteiger charge is -2.41. The molecular formula is C29H37N5O3S. The molecule has 1 amide bonds. The van der Waals surface area contributed by atoms with Gasteiger partial charge < -0.3 is 9.47 Å². The van der Waals surface area contributed by atoms with Crippen molar-refractivity contribution in [1.29, 1.82) is 0 Å². The summed E-state index contributed by atoms with van der Waals surface area (Å²) < 4.78 is 31.0. The van der Waals surface area contributed by atoms with Crippen LogP contribution in [0.15, 0.2) is 67.3 Å². The minimum absolute atomic E-state index is 0.0609. The van der Waals surface area contributed by atoms with Gasteiger partial charge in [-0.05, 0) is 62.1 Å². The average Bonchev–Trinajstić information content (AvgIpc) is 3.46. The monoisotopic (exact) mass is 535 g/mol. The fraction of sp³-hybridized carbons (Fsp3) is 0.483. The van der Waals surface area contributed by atoms with Gasteiger partial charge in [0.2, 0.25) is 15.9 Å². The van der Waals surface area contributed by atoms with E-state index in [9.17, 15) is 13.2 Å². The van der Waals surface area contributed by atoms with Crippen LogP contribution in [0.25, 0.3) is 0 Å². The molecule has 2 aliphatic rings. The van der Waals surface area contributed by atoms with Crippen LogP contribution in [0.5, 0.6) is 0 Å². The second-order valence-electron chi connectivity index (χ2n) is 11.0. The lowest BCUT2D eigenvalue weighted by Crippen LogP contribution is -2.46. The van der Waals surface area contributed by atoms with Crippen LogP contribution in [0.3, 0.4) is 0 Å². The molecule has 38 heavy (non-hydrogen) atoms. The zero-order valence-corrected chi connectivity index (χ0v) is 23.2. The Balaban J connectivity index is 1.37. The SMILES string of the molecule is C[C@H]1CC[C@H](c2ccccc2)S(=O)(=O)N1Cc1ccc(C2(C(=O)N(C)C)CCC(n3cnnc3)CC2)cc1. The van der Waals surface area contributed by atoms with Crippen LogP contribution in [0.4, 0.5) is 0 Å². The van der Waals surface area contributed by atoms with Gasteiger partial charge in [-0.3, -0.25) is 4.79 Å². The maximum atomic E-state index is 13.7. The van der Waals surface area contributed by atoms with Gasteiger partial charge in [-0.1, -0.05) is 54.6 Å². The molecule has 1 saturated carbocycles. The number of hydrogen-bond donors (Lipinski definition) is 0. The number of hydrogen-bond acceptors (Lipinski definition) is 5. The number of sulfonamides is 1. The molecule has 202 valence electrons. The molecular weight excluding hydrogens is 498 g/mol. The van der Waals surface area contributed by atoms with Gasteiger partial charge in [0.05, 0.1) is 5.41 Å². The zero-order chi connectivity index (χ0) is 26.9. The van der Waals surface area contributed by atoms with Crippen LogP contribution in [-0.2, 0) is 26.8 Å². The van der Waals surface area contributed by atoms with Crippen molar-refractivity contribution in [1.82, 2.24) is 24.0 Å². The van der Waals surface area contributed by atoms with Crippen molar-refractivity contribution in [3.05, 3.63) is 83.9 Å². The molecule has 0 unspecified atom stereocenters. The van der Waals surface area contributed by atoms with E-state index in [-0.39, 0.29) is 18.0 Å².